The van der Waals surface area contributed by atoms with Crippen LogP contribution in [-0.4, -0.2) is 0 Å². The highest BCUT2D eigenvalue weighted by atomic mass is 14.4. The van der Waals surface area contributed by atoms with Gasteiger partial charge in [-0.2, -0.15) is 0 Å². The predicted octanol–water partition coefficient (Wildman–Crippen LogP) is 4.11. The van der Waals surface area contributed by atoms with Crippen LogP contribution in [0.4, 0.5) is 0 Å². The summed E-state index contributed by atoms with van der Waals surface area (Å²) in [4.78, 5) is 0. The summed E-state index contributed by atoms with van der Waals surface area (Å²) in [5, 5.41) is 0. The Morgan fingerprint density at radius 3 is 2.54 bits per heavy atom. The van der Waals surface area contributed by atoms with Crippen LogP contribution in [0, 0.1) is 11.8 Å². The van der Waals surface area contributed by atoms with E-state index in [-0.39, 0.29) is 0 Å². The molecule has 0 heteroatoms. The summed E-state index contributed by atoms with van der Waals surface area (Å²) in [7, 11) is 0. The van der Waals surface area contributed by atoms with Crippen LogP contribution in [0.5, 0.6) is 0 Å². The monoisotopic (exact) mass is 176 g/mol. The van der Waals surface area contributed by atoms with Gasteiger partial charge in [-0.15, -0.1) is 0 Å². The van der Waals surface area contributed by atoms with Gasteiger partial charge in [-0.3, -0.25) is 0 Å². The second-order valence-electron chi connectivity index (χ2n) is 3.55. The largest absolute Gasteiger partial charge is 0.0807 e. The molecule has 0 nitrogen and oxygen atoms in total. The zero-order valence-corrected chi connectivity index (χ0v) is 8.96. The fourth-order valence-corrected chi connectivity index (χ4v) is 1.63. The van der Waals surface area contributed by atoms with Crippen LogP contribution in [0.15, 0.2) is 36.0 Å². The van der Waals surface area contributed by atoms with Crippen molar-refractivity contribution in [1.82, 2.24) is 0 Å². The molecule has 0 heterocycles. The third kappa shape index (κ3) is 2.87. The van der Waals surface area contributed by atoms with Crippen molar-refractivity contribution in [3.63, 3.8) is 0 Å². The van der Waals surface area contributed by atoms with Crippen LogP contribution in [0.3, 0.4) is 0 Å². The second-order valence-corrected chi connectivity index (χ2v) is 3.55. The van der Waals surface area contributed by atoms with Crippen LogP contribution in [0.25, 0.3) is 0 Å². The first kappa shape index (κ1) is 10.3. The molecule has 1 fully saturated rings. The van der Waals surface area contributed by atoms with Gasteiger partial charge in [-0.05, 0) is 30.3 Å². The molecule has 72 valence electrons. The quantitative estimate of drug-likeness (QED) is 0.564. The third-order valence-electron chi connectivity index (χ3n) is 2.54. The SMILES string of the molecule is CC.CC1CC1C1=CC=CCC=C1. The molecule has 0 bridgehead atoms. The Balaban J connectivity index is 0.000000396. The Bertz CT molecular complexity index is 230. The van der Waals surface area contributed by atoms with Crippen molar-refractivity contribution < 1.29 is 0 Å². The van der Waals surface area contributed by atoms with Crippen molar-refractivity contribution in [2.24, 2.45) is 11.8 Å². The van der Waals surface area contributed by atoms with Crippen LogP contribution in [0.1, 0.15) is 33.6 Å². The van der Waals surface area contributed by atoms with Gasteiger partial charge in [0.15, 0.2) is 0 Å². The number of rotatable bonds is 1. The van der Waals surface area contributed by atoms with E-state index in [0.29, 0.717) is 0 Å². The summed E-state index contributed by atoms with van der Waals surface area (Å²) in [6.45, 7) is 6.33. The minimum atomic E-state index is 0.869. The van der Waals surface area contributed by atoms with Gasteiger partial charge in [0, 0.05) is 0 Å². The average molecular weight is 176 g/mol. The molecule has 0 spiro atoms. The van der Waals surface area contributed by atoms with Crippen molar-refractivity contribution in [1.29, 1.82) is 0 Å². The normalized spacial score (nSPS) is 29.9. The maximum atomic E-state index is 2.33. The van der Waals surface area contributed by atoms with Crippen molar-refractivity contribution in [3.8, 4) is 0 Å². The molecule has 2 aliphatic rings. The van der Waals surface area contributed by atoms with Gasteiger partial charge in [0.05, 0.1) is 0 Å². The van der Waals surface area contributed by atoms with Gasteiger partial charge in [0.2, 0.25) is 0 Å². The molecule has 2 rings (SSSR count). The minimum Gasteiger partial charge on any atom is -0.0807 e. The van der Waals surface area contributed by atoms with E-state index in [0.717, 1.165) is 18.3 Å². The summed E-state index contributed by atoms with van der Waals surface area (Å²) in [5.41, 5.74) is 1.53. The Labute approximate surface area is 82.0 Å². The van der Waals surface area contributed by atoms with Gasteiger partial charge < -0.3 is 0 Å². The lowest BCUT2D eigenvalue weighted by Gasteiger charge is -1.95. The molecule has 2 atom stereocenters. The summed E-state index contributed by atoms with van der Waals surface area (Å²) in [5.74, 6) is 1.80. The van der Waals surface area contributed by atoms with E-state index in [2.05, 4.69) is 37.3 Å². The van der Waals surface area contributed by atoms with Crippen molar-refractivity contribution in [2.75, 3.05) is 0 Å². The summed E-state index contributed by atoms with van der Waals surface area (Å²) >= 11 is 0. The van der Waals surface area contributed by atoms with Gasteiger partial charge >= 0.3 is 0 Å². The first-order chi connectivity index (χ1) is 6.38. The van der Waals surface area contributed by atoms with Crippen molar-refractivity contribution in [2.45, 2.75) is 33.6 Å². The molecule has 0 aliphatic heterocycles. The van der Waals surface area contributed by atoms with Gasteiger partial charge in [-0.25, -0.2) is 0 Å². The van der Waals surface area contributed by atoms with Crippen molar-refractivity contribution in [3.05, 3.63) is 36.0 Å². The number of hydrogen-bond donors (Lipinski definition) is 0. The first-order valence-electron chi connectivity index (χ1n) is 5.41. The Hall–Kier alpha value is -0.780. The first-order valence-corrected chi connectivity index (χ1v) is 5.41. The molecule has 13 heavy (non-hydrogen) atoms. The molecule has 2 unspecified atom stereocenters. The van der Waals surface area contributed by atoms with E-state index in [4.69, 9.17) is 0 Å². The highest BCUT2D eigenvalue weighted by molar-refractivity contribution is 5.32. The topological polar surface area (TPSA) is 0 Å². The van der Waals surface area contributed by atoms with Crippen LogP contribution in [-0.2, 0) is 0 Å². The highest BCUT2D eigenvalue weighted by Crippen LogP contribution is 2.44. The molecule has 0 radical (unpaired) electrons. The summed E-state index contributed by atoms with van der Waals surface area (Å²) in [6.07, 6.45) is 13.7. The molecular weight excluding hydrogens is 156 g/mol. The summed E-state index contributed by atoms with van der Waals surface area (Å²) in [6, 6.07) is 0. The molecular formula is C13H20. The smallest absolute Gasteiger partial charge is 0.0133 e. The highest BCUT2D eigenvalue weighted by Gasteiger charge is 2.34. The maximum Gasteiger partial charge on any atom is -0.0133 e. The Kier molecular flexibility index (Phi) is 4.01. The lowest BCUT2D eigenvalue weighted by Crippen LogP contribution is -1.81. The lowest BCUT2D eigenvalue weighted by atomic mass is 10.1. The van der Waals surface area contributed by atoms with Gasteiger partial charge in [-0.1, -0.05) is 51.2 Å². The second kappa shape index (κ2) is 5.06. The third-order valence-corrected chi connectivity index (χ3v) is 2.54. The van der Waals surface area contributed by atoms with E-state index in [1.807, 2.05) is 13.8 Å². The van der Waals surface area contributed by atoms with E-state index < -0.39 is 0 Å². The zero-order chi connectivity index (χ0) is 9.68. The number of allylic oxidation sites excluding steroid dienone is 6. The van der Waals surface area contributed by atoms with Crippen LogP contribution >= 0.6 is 0 Å². The maximum absolute atomic E-state index is 2.33. The van der Waals surface area contributed by atoms with E-state index in [9.17, 15) is 0 Å². The fraction of sp³-hybridized carbons (Fsp3) is 0.538. The molecule has 0 aromatic carbocycles. The minimum absolute atomic E-state index is 0.869. The molecule has 0 aromatic heterocycles. The standard InChI is InChI=1S/C11H14.C2H6/c1-9-8-11(9)10-6-4-2-3-5-7-10;1-2/h2,4-7,9,11H,3,8H2,1H3;1-2H3. The van der Waals surface area contributed by atoms with Gasteiger partial charge in [0.25, 0.3) is 0 Å². The number of hydrogen-bond acceptors (Lipinski definition) is 0. The average Bonchev–Trinajstić information content (AvgIpc) is 2.91. The summed E-state index contributed by atoms with van der Waals surface area (Å²) < 4.78 is 0. The van der Waals surface area contributed by atoms with E-state index >= 15 is 0 Å². The van der Waals surface area contributed by atoms with E-state index in [1.54, 1.807) is 0 Å². The molecule has 1 saturated carbocycles. The molecule has 0 saturated heterocycles. The molecule has 0 N–H and O–H groups in total. The zero-order valence-electron chi connectivity index (χ0n) is 8.96. The van der Waals surface area contributed by atoms with Crippen molar-refractivity contribution >= 4 is 0 Å². The molecule has 0 aromatic rings. The molecule has 0 amide bonds. The molecule has 2 aliphatic carbocycles. The fourth-order valence-electron chi connectivity index (χ4n) is 1.63. The van der Waals surface area contributed by atoms with Crippen LogP contribution < -0.4 is 0 Å². The Morgan fingerprint density at radius 2 is 1.92 bits per heavy atom. The van der Waals surface area contributed by atoms with E-state index in [1.165, 1.54) is 12.0 Å². The lowest BCUT2D eigenvalue weighted by molar-refractivity contribution is 0.873. The van der Waals surface area contributed by atoms with Gasteiger partial charge in [0.1, 0.15) is 0 Å². The Morgan fingerprint density at radius 1 is 1.23 bits per heavy atom. The van der Waals surface area contributed by atoms with Crippen LogP contribution in [0.2, 0.25) is 0 Å². The predicted molar refractivity (Wildman–Crippen MR) is 59.6 cm³/mol.